The second-order valence-electron chi connectivity index (χ2n) is 5.18. The van der Waals surface area contributed by atoms with Crippen molar-refractivity contribution in [3.8, 4) is 6.07 Å². The molecule has 2 saturated heterocycles. The maximum atomic E-state index is 11.3. The van der Waals surface area contributed by atoms with E-state index in [4.69, 9.17) is 7.85 Å². The topological polar surface area (TPSA) is 47.3 Å². The Morgan fingerprint density at radius 1 is 1.42 bits per heavy atom. The fourth-order valence-corrected chi connectivity index (χ4v) is 3.27. The van der Waals surface area contributed by atoms with E-state index in [9.17, 15) is 10.1 Å². The molecule has 1 aromatic rings. The zero-order valence-corrected chi connectivity index (χ0v) is 10.6. The molecule has 19 heavy (non-hydrogen) atoms. The number of amides is 1. The molecule has 94 valence electrons. The predicted octanol–water partition coefficient (Wildman–Crippen LogP) is 1.13. The van der Waals surface area contributed by atoms with Crippen molar-refractivity contribution >= 4 is 13.7 Å². The van der Waals surface area contributed by atoms with Crippen LogP contribution in [0.4, 0.5) is 4.79 Å². The van der Waals surface area contributed by atoms with Crippen LogP contribution >= 0.6 is 0 Å². The minimum atomic E-state index is -0.410. The number of fused-ring (bicyclic) bond motifs is 2. The van der Waals surface area contributed by atoms with E-state index >= 15 is 0 Å². The summed E-state index contributed by atoms with van der Waals surface area (Å²) in [5.41, 5.74) is 1.20. The van der Waals surface area contributed by atoms with E-state index in [0.29, 0.717) is 6.54 Å². The van der Waals surface area contributed by atoms with Crippen molar-refractivity contribution in [2.75, 3.05) is 6.54 Å². The van der Waals surface area contributed by atoms with E-state index in [2.05, 4.69) is 23.1 Å². The van der Waals surface area contributed by atoms with Crippen molar-refractivity contribution < 1.29 is 4.79 Å². The van der Waals surface area contributed by atoms with Gasteiger partial charge in [0.1, 0.15) is 6.04 Å². The molecule has 1 aromatic carbocycles. The average Bonchev–Trinajstić information content (AvgIpc) is 2.98. The van der Waals surface area contributed by atoms with Crippen LogP contribution in [0.5, 0.6) is 0 Å². The van der Waals surface area contributed by atoms with Crippen LogP contribution in [-0.4, -0.2) is 48.1 Å². The Balaban J connectivity index is 1.78. The third-order valence-electron chi connectivity index (χ3n) is 4.14. The first-order chi connectivity index (χ1) is 9.20. The highest BCUT2D eigenvalue weighted by Gasteiger charge is 2.50. The summed E-state index contributed by atoms with van der Waals surface area (Å²) in [5.74, 6) is -0.410. The second-order valence-corrected chi connectivity index (χ2v) is 5.18. The summed E-state index contributed by atoms with van der Waals surface area (Å²) in [7, 11) is 5.36. The number of hydrogen-bond acceptors (Lipinski definition) is 3. The predicted molar refractivity (Wildman–Crippen MR) is 71.4 cm³/mol. The molecule has 2 aliphatic heterocycles. The van der Waals surface area contributed by atoms with Gasteiger partial charge in [0.15, 0.2) is 5.81 Å². The first-order valence-electron chi connectivity index (χ1n) is 6.46. The SMILES string of the molecule is [B]C(=O)N1CC2CC1[C@@H](C#N)N2Cc1ccccc1. The number of carbonyl (C=O) groups excluding carboxylic acids is 1. The smallest absolute Gasteiger partial charge is 0.200 e. The first kappa shape index (κ1) is 12.2. The van der Waals surface area contributed by atoms with E-state index in [-0.39, 0.29) is 18.1 Å². The van der Waals surface area contributed by atoms with Crippen LogP contribution in [0.3, 0.4) is 0 Å². The molecule has 2 aliphatic rings. The number of rotatable bonds is 2. The third kappa shape index (κ3) is 2.02. The largest absolute Gasteiger partial charge is 0.345 e. The lowest BCUT2D eigenvalue weighted by Gasteiger charge is -2.37. The Kier molecular flexibility index (Phi) is 3.04. The molecule has 2 radical (unpaired) electrons. The molecule has 0 aliphatic carbocycles. The Morgan fingerprint density at radius 2 is 2.16 bits per heavy atom. The number of benzene rings is 1. The van der Waals surface area contributed by atoms with Crippen molar-refractivity contribution in [3.05, 3.63) is 35.9 Å². The maximum absolute atomic E-state index is 11.3. The van der Waals surface area contributed by atoms with Crippen molar-refractivity contribution in [3.63, 3.8) is 0 Å². The van der Waals surface area contributed by atoms with E-state index in [1.54, 1.807) is 4.90 Å². The fraction of sp³-hybridized carbons (Fsp3) is 0.429. The number of nitrogens with zero attached hydrogens (tertiary/aromatic N) is 3. The van der Waals surface area contributed by atoms with Crippen molar-refractivity contribution in [1.82, 2.24) is 9.80 Å². The van der Waals surface area contributed by atoms with Crippen LogP contribution in [0.2, 0.25) is 0 Å². The summed E-state index contributed by atoms with van der Waals surface area (Å²) < 4.78 is 0. The van der Waals surface area contributed by atoms with Gasteiger partial charge in [0.25, 0.3) is 0 Å². The maximum Gasteiger partial charge on any atom is 0.200 e. The lowest BCUT2D eigenvalue weighted by atomic mass is 10.0. The standard InChI is InChI=1S/C14H14BN3O/c15-14(19)18-9-11-6-12(18)13(7-16)17(11)8-10-4-2-1-3-5-10/h1-5,11-13H,6,8-9H2/t11?,12?,13-/m1/s1. The third-order valence-corrected chi connectivity index (χ3v) is 4.14. The van der Waals surface area contributed by atoms with Gasteiger partial charge in [-0.2, -0.15) is 5.26 Å². The van der Waals surface area contributed by atoms with Gasteiger partial charge >= 0.3 is 0 Å². The number of likely N-dealkylation sites (tertiary alicyclic amines) is 2. The quantitative estimate of drug-likeness (QED) is 0.740. The highest BCUT2D eigenvalue weighted by atomic mass is 16.2. The van der Waals surface area contributed by atoms with E-state index in [1.165, 1.54) is 5.56 Å². The van der Waals surface area contributed by atoms with Gasteiger partial charge in [-0.25, -0.2) is 0 Å². The van der Waals surface area contributed by atoms with Crippen LogP contribution < -0.4 is 0 Å². The zero-order chi connectivity index (χ0) is 13.4. The lowest BCUT2D eigenvalue weighted by Crippen LogP contribution is -2.53. The first-order valence-corrected chi connectivity index (χ1v) is 6.46. The van der Waals surface area contributed by atoms with Crippen LogP contribution in [0.1, 0.15) is 12.0 Å². The molecular weight excluding hydrogens is 237 g/mol. The van der Waals surface area contributed by atoms with Crippen LogP contribution in [0, 0.1) is 11.3 Å². The summed E-state index contributed by atoms with van der Waals surface area (Å²) in [5, 5.41) is 9.37. The molecule has 0 spiro atoms. The van der Waals surface area contributed by atoms with Gasteiger partial charge in [-0.15, -0.1) is 0 Å². The highest BCUT2D eigenvalue weighted by molar-refractivity contribution is 6.57. The molecule has 0 aromatic heterocycles. The minimum absolute atomic E-state index is 0.0452. The molecule has 3 rings (SSSR count). The van der Waals surface area contributed by atoms with Crippen molar-refractivity contribution in [2.24, 2.45) is 0 Å². The highest BCUT2D eigenvalue weighted by Crippen LogP contribution is 2.36. The molecule has 0 saturated carbocycles. The Labute approximate surface area is 114 Å². The van der Waals surface area contributed by atoms with Crippen LogP contribution in [0.25, 0.3) is 0 Å². The monoisotopic (exact) mass is 251 g/mol. The molecule has 0 N–H and O–H groups in total. The molecule has 2 fully saturated rings. The molecular formula is C14H14BN3O. The van der Waals surface area contributed by atoms with Gasteiger partial charge < -0.3 is 4.90 Å². The lowest BCUT2D eigenvalue weighted by molar-refractivity contribution is 0.114. The van der Waals surface area contributed by atoms with Crippen LogP contribution in [-0.2, 0) is 6.54 Å². The molecule has 2 bridgehead atoms. The van der Waals surface area contributed by atoms with E-state index < -0.39 is 5.81 Å². The minimum Gasteiger partial charge on any atom is -0.345 e. The summed E-state index contributed by atoms with van der Waals surface area (Å²) in [6, 6.07) is 12.4. The molecule has 3 atom stereocenters. The number of carbonyl (C=O) groups is 1. The molecule has 2 unspecified atom stereocenters. The van der Waals surface area contributed by atoms with Gasteiger partial charge in [-0.1, -0.05) is 30.3 Å². The van der Waals surface area contributed by atoms with Gasteiger partial charge in [-0.3, -0.25) is 9.69 Å². The summed E-state index contributed by atoms with van der Waals surface area (Å²) in [4.78, 5) is 15.2. The number of hydrogen-bond donors (Lipinski definition) is 0. The van der Waals surface area contributed by atoms with Gasteiger partial charge in [0.2, 0.25) is 7.85 Å². The van der Waals surface area contributed by atoms with E-state index in [1.807, 2.05) is 18.2 Å². The molecule has 5 heteroatoms. The molecule has 1 amide bonds. The average molecular weight is 251 g/mol. The second kappa shape index (κ2) is 4.71. The normalized spacial score (nSPS) is 29.4. The molecule has 2 heterocycles. The molecule has 4 nitrogen and oxygen atoms in total. The summed E-state index contributed by atoms with van der Waals surface area (Å²) >= 11 is 0. The van der Waals surface area contributed by atoms with E-state index in [0.717, 1.165) is 13.0 Å². The Morgan fingerprint density at radius 3 is 2.79 bits per heavy atom. The van der Waals surface area contributed by atoms with Crippen molar-refractivity contribution in [2.45, 2.75) is 31.1 Å². The Hall–Kier alpha value is -1.80. The van der Waals surface area contributed by atoms with Gasteiger partial charge in [-0.05, 0) is 12.0 Å². The zero-order valence-electron chi connectivity index (χ0n) is 10.6. The Bertz CT molecular complexity index is 527. The van der Waals surface area contributed by atoms with Crippen molar-refractivity contribution in [1.29, 1.82) is 5.26 Å². The van der Waals surface area contributed by atoms with Gasteiger partial charge in [0.05, 0.1) is 12.1 Å². The summed E-state index contributed by atoms with van der Waals surface area (Å²) in [6.07, 6.45) is 0.855. The fourth-order valence-electron chi connectivity index (χ4n) is 3.27. The van der Waals surface area contributed by atoms with Crippen LogP contribution in [0.15, 0.2) is 30.3 Å². The number of nitriles is 1. The summed E-state index contributed by atoms with van der Waals surface area (Å²) in [6.45, 7) is 1.40. The van der Waals surface area contributed by atoms with Gasteiger partial charge in [0, 0.05) is 19.1 Å². The number of piperazine rings is 1.